The van der Waals surface area contributed by atoms with Crippen LogP contribution in [-0.4, -0.2) is 64.6 Å². The molecule has 106 valence electrons. The lowest BCUT2D eigenvalue weighted by Gasteiger charge is -2.42. The summed E-state index contributed by atoms with van der Waals surface area (Å²) in [5.41, 5.74) is 0. The minimum Gasteiger partial charge on any atom is -0.394 e. The summed E-state index contributed by atoms with van der Waals surface area (Å²) in [5.74, 6) is -0.366. The predicted molar refractivity (Wildman–Crippen MR) is 61.6 cm³/mol. The van der Waals surface area contributed by atoms with Crippen molar-refractivity contribution in [1.29, 1.82) is 0 Å². The van der Waals surface area contributed by atoms with Gasteiger partial charge in [0.25, 0.3) is 0 Å². The first-order chi connectivity index (χ1) is 8.36. The molecule has 1 heterocycles. The van der Waals surface area contributed by atoms with Crippen LogP contribution >= 0.6 is 0 Å². The van der Waals surface area contributed by atoms with Gasteiger partial charge >= 0.3 is 0 Å². The maximum Gasteiger partial charge on any atom is 0.217 e. The van der Waals surface area contributed by atoms with Gasteiger partial charge in [0.15, 0.2) is 6.29 Å². The lowest BCUT2D eigenvalue weighted by atomic mass is 9.97. The molecule has 7 heteroatoms. The van der Waals surface area contributed by atoms with E-state index in [4.69, 9.17) is 14.6 Å². The molecule has 5 atom stereocenters. The number of hydrogen-bond acceptors (Lipinski definition) is 6. The molecule has 0 aromatic heterocycles. The summed E-state index contributed by atoms with van der Waals surface area (Å²) >= 11 is 0. The number of aliphatic hydroxyl groups is 3. The summed E-state index contributed by atoms with van der Waals surface area (Å²) in [7, 11) is 0. The number of hydrogen-bond donors (Lipinski definition) is 4. The molecule has 0 aliphatic carbocycles. The standard InChI is InChI=1S/C11H21NO6/c1-5(2)17-11-8(12-6(3)14)10(16)9(15)7(4-13)18-11/h5,7-11,13,15-16H,4H2,1-3H3,(H,12,14)/t7-,8+,9+,10+,11-/m1/s1. The maximum absolute atomic E-state index is 11.1. The zero-order valence-corrected chi connectivity index (χ0v) is 10.7. The molecule has 0 saturated carbocycles. The van der Waals surface area contributed by atoms with Gasteiger partial charge in [-0.3, -0.25) is 4.79 Å². The maximum atomic E-state index is 11.1. The van der Waals surface area contributed by atoms with Crippen LogP contribution in [0, 0.1) is 0 Å². The quantitative estimate of drug-likeness (QED) is 0.484. The Bertz CT molecular complexity index is 285. The van der Waals surface area contributed by atoms with E-state index in [0.717, 1.165) is 0 Å². The Kier molecular flexibility index (Phi) is 5.48. The zero-order chi connectivity index (χ0) is 13.9. The zero-order valence-electron chi connectivity index (χ0n) is 10.7. The second-order valence-electron chi connectivity index (χ2n) is 4.62. The Hall–Kier alpha value is -0.730. The second-order valence-corrected chi connectivity index (χ2v) is 4.62. The first kappa shape index (κ1) is 15.3. The average molecular weight is 263 g/mol. The fraction of sp³-hybridized carbons (Fsp3) is 0.909. The molecule has 18 heavy (non-hydrogen) atoms. The number of nitrogens with one attached hydrogen (secondary N) is 1. The highest BCUT2D eigenvalue weighted by Crippen LogP contribution is 2.22. The topological polar surface area (TPSA) is 108 Å². The van der Waals surface area contributed by atoms with Crippen LogP contribution in [0.2, 0.25) is 0 Å². The Morgan fingerprint density at radius 3 is 2.44 bits per heavy atom. The van der Waals surface area contributed by atoms with Gasteiger partial charge in [-0.2, -0.15) is 0 Å². The largest absolute Gasteiger partial charge is 0.394 e. The molecule has 1 saturated heterocycles. The van der Waals surface area contributed by atoms with E-state index in [1.807, 2.05) is 0 Å². The van der Waals surface area contributed by atoms with E-state index in [1.54, 1.807) is 13.8 Å². The van der Waals surface area contributed by atoms with E-state index < -0.39 is 37.3 Å². The Labute approximate surface area is 106 Å². The van der Waals surface area contributed by atoms with Gasteiger partial charge in [0.1, 0.15) is 24.4 Å². The summed E-state index contributed by atoms with van der Waals surface area (Å²) in [6.45, 7) is 4.41. The predicted octanol–water partition coefficient (Wildman–Crippen LogP) is -1.64. The smallest absolute Gasteiger partial charge is 0.217 e. The van der Waals surface area contributed by atoms with Gasteiger partial charge in [-0.1, -0.05) is 0 Å². The van der Waals surface area contributed by atoms with E-state index in [9.17, 15) is 15.0 Å². The third-order valence-electron chi connectivity index (χ3n) is 2.66. The number of carbonyl (C=O) groups excluding carboxylic acids is 1. The molecule has 1 fully saturated rings. The van der Waals surface area contributed by atoms with Crippen LogP contribution in [-0.2, 0) is 14.3 Å². The minimum atomic E-state index is -1.28. The monoisotopic (exact) mass is 263 g/mol. The summed E-state index contributed by atoms with van der Waals surface area (Å²) in [6.07, 6.45) is -4.58. The van der Waals surface area contributed by atoms with Crippen LogP contribution in [0.3, 0.4) is 0 Å². The first-order valence-electron chi connectivity index (χ1n) is 5.91. The van der Waals surface area contributed by atoms with E-state index in [1.165, 1.54) is 6.92 Å². The van der Waals surface area contributed by atoms with Gasteiger partial charge in [-0.15, -0.1) is 0 Å². The molecule has 1 amide bonds. The lowest BCUT2D eigenvalue weighted by Crippen LogP contribution is -2.64. The fourth-order valence-corrected chi connectivity index (χ4v) is 1.85. The normalized spacial score (nSPS) is 36.7. The molecule has 1 rings (SSSR count). The Balaban J connectivity index is 2.83. The van der Waals surface area contributed by atoms with E-state index in [2.05, 4.69) is 5.32 Å². The second kappa shape index (κ2) is 6.44. The summed E-state index contributed by atoms with van der Waals surface area (Å²) in [5, 5.41) is 31.2. The Morgan fingerprint density at radius 1 is 1.39 bits per heavy atom. The molecular weight excluding hydrogens is 242 g/mol. The van der Waals surface area contributed by atoms with Crippen molar-refractivity contribution >= 4 is 5.91 Å². The molecule has 0 aromatic carbocycles. The summed E-state index contributed by atoms with van der Waals surface area (Å²) in [6, 6.07) is -0.873. The lowest BCUT2D eigenvalue weighted by molar-refractivity contribution is -0.278. The highest BCUT2D eigenvalue weighted by atomic mass is 16.7. The van der Waals surface area contributed by atoms with Crippen LogP contribution in [0.1, 0.15) is 20.8 Å². The van der Waals surface area contributed by atoms with Gasteiger partial charge in [0.2, 0.25) is 5.91 Å². The molecule has 0 spiro atoms. The van der Waals surface area contributed by atoms with Gasteiger partial charge in [0, 0.05) is 6.92 Å². The Morgan fingerprint density at radius 2 is 2.00 bits per heavy atom. The number of amides is 1. The van der Waals surface area contributed by atoms with Gasteiger partial charge < -0.3 is 30.1 Å². The van der Waals surface area contributed by atoms with Crippen molar-refractivity contribution in [3.63, 3.8) is 0 Å². The number of ether oxygens (including phenoxy) is 2. The number of rotatable bonds is 4. The third kappa shape index (κ3) is 3.63. The van der Waals surface area contributed by atoms with Gasteiger partial charge in [0.05, 0.1) is 12.7 Å². The van der Waals surface area contributed by atoms with E-state index in [-0.39, 0.29) is 12.0 Å². The molecule has 0 aromatic rings. The van der Waals surface area contributed by atoms with Gasteiger partial charge in [-0.05, 0) is 13.8 Å². The van der Waals surface area contributed by atoms with Crippen LogP contribution < -0.4 is 5.32 Å². The molecule has 0 radical (unpaired) electrons. The average Bonchev–Trinajstić information content (AvgIpc) is 2.27. The highest BCUT2D eigenvalue weighted by Gasteiger charge is 2.45. The van der Waals surface area contributed by atoms with E-state index >= 15 is 0 Å². The first-order valence-corrected chi connectivity index (χ1v) is 5.91. The molecular formula is C11H21NO6. The number of carbonyl (C=O) groups is 1. The van der Waals surface area contributed by atoms with Crippen molar-refractivity contribution in [2.24, 2.45) is 0 Å². The van der Waals surface area contributed by atoms with Crippen molar-refractivity contribution < 1.29 is 29.6 Å². The number of aliphatic hydroxyl groups excluding tert-OH is 3. The van der Waals surface area contributed by atoms with Crippen molar-refractivity contribution in [1.82, 2.24) is 5.32 Å². The minimum absolute atomic E-state index is 0.187. The molecule has 0 bridgehead atoms. The SMILES string of the molecule is CC(=O)N[C@@H]1[C@H](OC(C)C)O[C@H](CO)[C@H](O)[C@H]1O. The van der Waals surface area contributed by atoms with Crippen LogP contribution in [0.25, 0.3) is 0 Å². The van der Waals surface area contributed by atoms with Crippen LogP contribution in [0.5, 0.6) is 0 Å². The molecule has 0 unspecified atom stereocenters. The molecule has 1 aliphatic rings. The van der Waals surface area contributed by atoms with E-state index in [0.29, 0.717) is 0 Å². The van der Waals surface area contributed by atoms with Crippen molar-refractivity contribution in [2.45, 2.75) is 57.5 Å². The molecule has 4 N–H and O–H groups in total. The molecule has 1 aliphatic heterocycles. The summed E-state index contributed by atoms with van der Waals surface area (Å²) in [4.78, 5) is 11.1. The van der Waals surface area contributed by atoms with Crippen molar-refractivity contribution in [3.8, 4) is 0 Å². The molecule has 7 nitrogen and oxygen atoms in total. The highest BCUT2D eigenvalue weighted by molar-refractivity contribution is 5.73. The summed E-state index contributed by atoms with van der Waals surface area (Å²) < 4.78 is 10.8. The van der Waals surface area contributed by atoms with Gasteiger partial charge in [-0.25, -0.2) is 0 Å². The third-order valence-corrected chi connectivity index (χ3v) is 2.66. The van der Waals surface area contributed by atoms with Crippen molar-refractivity contribution in [2.75, 3.05) is 6.61 Å². The fourth-order valence-electron chi connectivity index (χ4n) is 1.85. The van der Waals surface area contributed by atoms with Crippen LogP contribution in [0.4, 0.5) is 0 Å². The van der Waals surface area contributed by atoms with Crippen LogP contribution in [0.15, 0.2) is 0 Å². The van der Waals surface area contributed by atoms with Crippen molar-refractivity contribution in [3.05, 3.63) is 0 Å².